The van der Waals surface area contributed by atoms with E-state index in [0.717, 1.165) is 56.1 Å². The third kappa shape index (κ3) is 6.90. The first-order valence-electron chi connectivity index (χ1n) is 14.0. The van der Waals surface area contributed by atoms with E-state index in [1.165, 1.54) is 6.33 Å². The van der Waals surface area contributed by atoms with E-state index in [2.05, 4.69) is 40.9 Å². The molecule has 1 amide bonds. The molecule has 1 unspecified atom stereocenters. The maximum atomic E-state index is 13.1. The van der Waals surface area contributed by atoms with Crippen LogP contribution in [0.1, 0.15) is 18.9 Å². The van der Waals surface area contributed by atoms with Gasteiger partial charge in [0.05, 0.1) is 11.4 Å². The largest absolute Gasteiger partial charge is 0.457 e. The summed E-state index contributed by atoms with van der Waals surface area (Å²) in [6.07, 6.45) is 6.89. The van der Waals surface area contributed by atoms with E-state index in [0.29, 0.717) is 29.1 Å². The van der Waals surface area contributed by atoms with Crippen LogP contribution in [0.5, 0.6) is 11.5 Å². The normalized spacial score (nSPS) is 15.8. The number of likely N-dealkylation sites (N-methyl/N-ethyl adjacent to an activating group) is 2. The van der Waals surface area contributed by atoms with Crippen LogP contribution in [0.4, 0.5) is 5.82 Å². The van der Waals surface area contributed by atoms with Crippen molar-refractivity contribution in [3.8, 4) is 22.8 Å². The van der Waals surface area contributed by atoms with Gasteiger partial charge in [-0.2, -0.15) is 5.10 Å². The molecule has 10 heteroatoms. The molecule has 1 fully saturated rings. The zero-order chi connectivity index (χ0) is 28.8. The van der Waals surface area contributed by atoms with Gasteiger partial charge >= 0.3 is 0 Å². The Bertz CT molecular complexity index is 1480. The van der Waals surface area contributed by atoms with Gasteiger partial charge in [0.15, 0.2) is 5.65 Å². The highest BCUT2D eigenvalue weighted by molar-refractivity contribution is 5.98. The molecule has 41 heavy (non-hydrogen) atoms. The van der Waals surface area contributed by atoms with Crippen molar-refractivity contribution in [2.24, 2.45) is 0 Å². The second-order valence-corrected chi connectivity index (χ2v) is 10.7. The van der Waals surface area contributed by atoms with E-state index in [1.54, 1.807) is 6.08 Å². The van der Waals surface area contributed by atoms with Crippen LogP contribution in [0.25, 0.3) is 22.3 Å². The van der Waals surface area contributed by atoms with E-state index >= 15 is 0 Å². The third-order valence-electron chi connectivity index (χ3n) is 7.29. The molecule has 0 spiro atoms. The first kappa shape index (κ1) is 28.3. The number of carbonyl (C=O) groups is 1. The second-order valence-electron chi connectivity index (χ2n) is 10.7. The highest BCUT2D eigenvalue weighted by atomic mass is 16.5. The van der Waals surface area contributed by atoms with Crippen LogP contribution in [0.15, 0.2) is 73.1 Å². The number of nitrogens with two attached hydrogens (primary N) is 1. The Morgan fingerprint density at radius 2 is 1.80 bits per heavy atom. The van der Waals surface area contributed by atoms with Gasteiger partial charge in [-0.25, -0.2) is 14.6 Å². The van der Waals surface area contributed by atoms with Gasteiger partial charge in [0.25, 0.3) is 0 Å². The van der Waals surface area contributed by atoms with Crippen molar-refractivity contribution in [1.82, 2.24) is 34.4 Å². The van der Waals surface area contributed by atoms with E-state index in [-0.39, 0.29) is 11.9 Å². The van der Waals surface area contributed by atoms with Crippen molar-refractivity contribution in [3.05, 3.63) is 73.1 Å². The number of rotatable bonds is 10. The molecular formula is C31H38N8O2. The Morgan fingerprint density at radius 1 is 1.05 bits per heavy atom. The minimum absolute atomic E-state index is 0.0184. The lowest BCUT2D eigenvalue weighted by Crippen LogP contribution is -2.40. The molecular weight excluding hydrogens is 516 g/mol. The Kier molecular flexibility index (Phi) is 8.91. The predicted molar refractivity (Wildman–Crippen MR) is 162 cm³/mol. The van der Waals surface area contributed by atoms with Crippen molar-refractivity contribution in [2.45, 2.75) is 18.9 Å². The molecule has 3 heterocycles. The molecule has 0 radical (unpaired) electrons. The number of hydrogen-bond donors (Lipinski definition) is 1. The maximum Gasteiger partial charge on any atom is 0.246 e. The summed E-state index contributed by atoms with van der Waals surface area (Å²) in [5.41, 5.74) is 8.63. The van der Waals surface area contributed by atoms with Gasteiger partial charge in [0, 0.05) is 44.4 Å². The van der Waals surface area contributed by atoms with Gasteiger partial charge < -0.3 is 25.2 Å². The third-order valence-corrected chi connectivity index (χ3v) is 7.29. The molecule has 2 aromatic heterocycles. The number of nitrogen functional groups attached to an aromatic ring is 1. The summed E-state index contributed by atoms with van der Waals surface area (Å²) in [4.78, 5) is 28.1. The fourth-order valence-corrected chi connectivity index (χ4v) is 5.01. The van der Waals surface area contributed by atoms with Crippen molar-refractivity contribution >= 4 is 22.8 Å². The van der Waals surface area contributed by atoms with Crippen molar-refractivity contribution in [3.63, 3.8) is 0 Å². The molecule has 0 saturated carbocycles. The lowest BCUT2D eigenvalue weighted by molar-refractivity contribution is -0.127. The molecule has 10 nitrogen and oxygen atoms in total. The summed E-state index contributed by atoms with van der Waals surface area (Å²) in [5.74, 6) is 1.91. The van der Waals surface area contributed by atoms with Crippen LogP contribution in [-0.4, -0.2) is 94.2 Å². The lowest BCUT2D eigenvalue weighted by atomic mass is 10.1. The minimum Gasteiger partial charge on any atom is -0.457 e. The first-order valence-corrected chi connectivity index (χ1v) is 14.0. The molecule has 2 N–H and O–H groups in total. The standard InChI is InChI=1S/C31H38N8O2/c1-36(2)19-20-37(3)17-8-12-27(40)38-18-7-9-24(21-38)39-31-28(30(32)33-22-34-31)29(35-39)23-13-15-26(16-14-23)41-25-10-5-4-6-11-25/h4-6,8,10-16,22,24H,7,9,17-21H2,1-3H3,(H2,32,33,34). The fraction of sp³-hybridized carbons (Fsp3) is 0.355. The molecule has 1 aliphatic rings. The highest BCUT2D eigenvalue weighted by Gasteiger charge is 2.28. The van der Waals surface area contributed by atoms with Crippen LogP contribution in [0.3, 0.4) is 0 Å². The zero-order valence-electron chi connectivity index (χ0n) is 24.0. The number of nitrogens with zero attached hydrogens (tertiary/aromatic N) is 7. The number of para-hydroxylation sites is 1. The maximum absolute atomic E-state index is 13.1. The summed E-state index contributed by atoms with van der Waals surface area (Å²) in [6, 6.07) is 17.4. The SMILES string of the molecule is CN(C)CCN(C)CC=CC(=O)N1CCCC(n2nc(-c3ccc(Oc4ccccc4)cc3)c3c(N)ncnc32)C1. The summed E-state index contributed by atoms with van der Waals surface area (Å²) >= 11 is 0. The number of benzene rings is 2. The van der Waals surface area contributed by atoms with Crippen molar-refractivity contribution < 1.29 is 9.53 Å². The minimum atomic E-state index is -0.0184. The molecule has 0 aliphatic carbocycles. The number of fused-ring (bicyclic) bond motifs is 1. The van der Waals surface area contributed by atoms with Gasteiger partial charge in [-0.15, -0.1) is 0 Å². The van der Waals surface area contributed by atoms with Gasteiger partial charge in [-0.3, -0.25) is 4.79 Å². The number of aromatic nitrogens is 4. The number of piperidine rings is 1. The molecule has 214 valence electrons. The quantitative estimate of drug-likeness (QED) is 0.293. The molecule has 2 aromatic carbocycles. The molecule has 1 atom stereocenters. The van der Waals surface area contributed by atoms with E-state index < -0.39 is 0 Å². The Morgan fingerprint density at radius 3 is 2.56 bits per heavy atom. The van der Waals surface area contributed by atoms with Crippen LogP contribution < -0.4 is 10.5 Å². The average Bonchev–Trinajstić information content (AvgIpc) is 3.38. The number of hydrogen-bond acceptors (Lipinski definition) is 8. The van der Waals surface area contributed by atoms with Crippen LogP contribution in [0.2, 0.25) is 0 Å². The Hall–Kier alpha value is -4.28. The van der Waals surface area contributed by atoms with E-state index in [1.807, 2.05) is 70.3 Å². The van der Waals surface area contributed by atoms with Gasteiger partial charge in [-0.05, 0) is 70.4 Å². The summed E-state index contributed by atoms with van der Waals surface area (Å²) in [5, 5.41) is 5.71. The number of amides is 1. The van der Waals surface area contributed by atoms with E-state index in [9.17, 15) is 4.79 Å². The summed E-state index contributed by atoms with van der Waals surface area (Å²) in [7, 11) is 6.18. The summed E-state index contributed by atoms with van der Waals surface area (Å²) < 4.78 is 7.88. The van der Waals surface area contributed by atoms with Crippen molar-refractivity contribution in [2.75, 3.05) is 59.6 Å². The van der Waals surface area contributed by atoms with Crippen LogP contribution in [-0.2, 0) is 4.79 Å². The number of carbonyl (C=O) groups excluding carboxylic acids is 1. The second kappa shape index (κ2) is 12.9. The number of ether oxygens (including phenoxy) is 1. The molecule has 1 saturated heterocycles. The Balaban J connectivity index is 1.33. The number of likely N-dealkylation sites (tertiary alicyclic amines) is 1. The lowest BCUT2D eigenvalue weighted by Gasteiger charge is -2.32. The predicted octanol–water partition coefficient (Wildman–Crippen LogP) is 4.08. The van der Waals surface area contributed by atoms with Gasteiger partial charge in [-0.1, -0.05) is 24.3 Å². The molecule has 5 rings (SSSR count). The van der Waals surface area contributed by atoms with Gasteiger partial charge in [0.1, 0.15) is 29.3 Å². The Labute approximate surface area is 241 Å². The van der Waals surface area contributed by atoms with E-state index in [4.69, 9.17) is 15.6 Å². The highest BCUT2D eigenvalue weighted by Crippen LogP contribution is 2.34. The molecule has 0 bridgehead atoms. The number of anilines is 1. The average molecular weight is 555 g/mol. The van der Waals surface area contributed by atoms with Gasteiger partial charge in [0.2, 0.25) is 5.91 Å². The monoisotopic (exact) mass is 554 g/mol. The summed E-state index contributed by atoms with van der Waals surface area (Å²) in [6.45, 7) is 3.94. The van der Waals surface area contributed by atoms with Crippen LogP contribution in [0, 0.1) is 0 Å². The zero-order valence-corrected chi connectivity index (χ0v) is 24.0. The van der Waals surface area contributed by atoms with Crippen LogP contribution >= 0.6 is 0 Å². The fourth-order valence-electron chi connectivity index (χ4n) is 5.01. The molecule has 1 aliphatic heterocycles. The smallest absolute Gasteiger partial charge is 0.246 e. The molecule has 4 aromatic rings. The topological polar surface area (TPSA) is 106 Å². The first-order chi connectivity index (χ1) is 19.9. The van der Waals surface area contributed by atoms with Crippen molar-refractivity contribution in [1.29, 1.82) is 0 Å².